The lowest BCUT2D eigenvalue weighted by atomic mass is 9.96. The maximum absolute atomic E-state index is 12.7. The van der Waals surface area contributed by atoms with Crippen LogP contribution in [-0.2, 0) is 16.1 Å². The highest BCUT2D eigenvalue weighted by Crippen LogP contribution is 2.28. The van der Waals surface area contributed by atoms with Crippen molar-refractivity contribution in [1.82, 2.24) is 20.4 Å². The van der Waals surface area contributed by atoms with Gasteiger partial charge in [-0.05, 0) is 49.9 Å². The van der Waals surface area contributed by atoms with Gasteiger partial charge in [0.05, 0.1) is 5.75 Å². The molecule has 1 fully saturated rings. The van der Waals surface area contributed by atoms with Crippen molar-refractivity contribution in [3.8, 4) is 0 Å². The number of benzene rings is 2. The summed E-state index contributed by atoms with van der Waals surface area (Å²) < 4.78 is 0.758. The van der Waals surface area contributed by atoms with E-state index in [4.69, 9.17) is 0 Å². The van der Waals surface area contributed by atoms with Gasteiger partial charge in [-0.1, -0.05) is 65.1 Å². The third-order valence-electron chi connectivity index (χ3n) is 5.80. The first-order chi connectivity index (χ1) is 16.5. The molecule has 2 N–H and O–H groups in total. The third-order valence-corrected chi connectivity index (χ3v) is 7.76. The Morgan fingerprint density at radius 3 is 2.56 bits per heavy atom. The third kappa shape index (κ3) is 6.80. The molecule has 9 heteroatoms. The number of nitrogens with zero attached hydrogens (tertiary/aromatic N) is 3. The number of anilines is 2. The van der Waals surface area contributed by atoms with Gasteiger partial charge in [-0.3, -0.25) is 9.59 Å². The molecule has 0 aliphatic carbocycles. The summed E-state index contributed by atoms with van der Waals surface area (Å²) in [5, 5.41) is 15.3. The summed E-state index contributed by atoms with van der Waals surface area (Å²) in [5.74, 6) is 0.431. The Bertz CT molecular complexity index is 1120. The van der Waals surface area contributed by atoms with Crippen LogP contribution in [0, 0.1) is 19.8 Å². The van der Waals surface area contributed by atoms with Crippen molar-refractivity contribution in [3.63, 3.8) is 0 Å². The first kappa shape index (κ1) is 24.2. The molecule has 1 saturated heterocycles. The van der Waals surface area contributed by atoms with Crippen LogP contribution in [0.3, 0.4) is 0 Å². The number of amides is 2. The lowest BCUT2D eigenvalue weighted by Crippen LogP contribution is -2.43. The highest BCUT2D eigenvalue weighted by Gasteiger charge is 2.27. The van der Waals surface area contributed by atoms with Crippen LogP contribution in [-0.4, -0.2) is 45.8 Å². The van der Waals surface area contributed by atoms with Crippen LogP contribution in [0.1, 0.15) is 29.5 Å². The van der Waals surface area contributed by atoms with Gasteiger partial charge >= 0.3 is 0 Å². The SMILES string of the molecule is Cc1ccc(CNC(=O)C2CCN(C(=O)CSc3nnc(Nc4cccc(C)c4)s3)CC2)cc1. The van der Waals surface area contributed by atoms with E-state index in [1.54, 1.807) is 0 Å². The van der Waals surface area contributed by atoms with Crippen molar-refractivity contribution >= 4 is 45.7 Å². The van der Waals surface area contributed by atoms with E-state index in [-0.39, 0.29) is 17.7 Å². The monoisotopic (exact) mass is 495 g/mol. The Labute approximate surface area is 208 Å². The second-order valence-electron chi connectivity index (χ2n) is 8.51. The molecule has 2 aromatic carbocycles. The second kappa shape index (κ2) is 11.5. The fraction of sp³-hybridized carbons (Fsp3) is 0.360. The van der Waals surface area contributed by atoms with E-state index in [9.17, 15) is 9.59 Å². The average Bonchev–Trinajstić information content (AvgIpc) is 3.29. The van der Waals surface area contributed by atoms with Crippen molar-refractivity contribution < 1.29 is 9.59 Å². The van der Waals surface area contributed by atoms with Crippen molar-refractivity contribution in [2.24, 2.45) is 5.92 Å². The number of thioether (sulfide) groups is 1. The minimum absolute atomic E-state index is 0.0411. The van der Waals surface area contributed by atoms with Crippen LogP contribution in [0.2, 0.25) is 0 Å². The number of hydrogen-bond acceptors (Lipinski definition) is 7. The minimum Gasteiger partial charge on any atom is -0.352 e. The number of carbonyl (C=O) groups is 2. The van der Waals surface area contributed by atoms with Crippen LogP contribution in [0.5, 0.6) is 0 Å². The first-order valence-electron chi connectivity index (χ1n) is 11.4. The molecule has 2 amide bonds. The number of aromatic nitrogens is 2. The van der Waals surface area contributed by atoms with E-state index in [0.717, 1.165) is 15.6 Å². The molecule has 0 spiro atoms. The molecule has 3 aromatic rings. The summed E-state index contributed by atoms with van der Waals surface area (Å²) in [6.45, 7) is 5.85. The Morgan fingerprint density at radius 1 is 1.06 bits per heavy atom. The van der Waals surface area contributed by atoms with E-state index in [0.29, 0.717) is 43.4 Å². The van der Waals surface area contributed by atoms with Gasteiger partial charge in [-0.15, -0.1) is 10.2 Å². The normalized spacial score (nSPS) is 14.1. The van der Waals surface area contributed by atoms with Crippen LogP contribution >= 0.6 is 23.1 Å². The van der Waals surface area contributed by atoms with Gasteiger partial charge < -0.3 is 15.5 Å². The van der Waals surface area contributed by atoms with Crippen molar-refractivity contribution in [2.75, 3.05) is 24.2 Å². The molecule has 1 aromatic heterocycles. The number of likely N-dealkylation sites (tertiary alicyclic amines) is 1. The number of hydrogen-bond donors (Lipinski definition) is 2. The van der Waals surface area contributed by atoms with E-state index in [1.807, 2.05) is 67.3 Å². The van der Waals surface area contributed by atoms with Gasteiger partial charge in [0.15, 0.2) is 4.34 Å². The van der Waals surface area contributed by atoms with Crippen molar-refractivity contribution in [2.45, 2.75) is 37.6 Å². The molecular formula is C25H29N5O2S2. The predicted molar refractivity (Wildman–Crippen MR) is 137 cm³/mol. The maximum atomic E-state index is 12.7. The number of nitrogens with one attached hydrogen (secondary N) is 2. The van der Waals surface area contributed by atoms with Crippen LogP contribution in [0.15, 0.2) is 52.9 Å². The highest BCUT2D eigenvalue weighted by atomic mass is 32.2. The Morgan fingerprint density at radius 2 is 1.82 bits per heavy atom. The van der Waals surface area contributed by atoms with Crippen LogP contribution in [0.25, 0.3) is 0 Å². The van der Waals surface area contributed by atoms with Gasteiger partial charge in [0.25, 0.3) is 0 Å². The average molecular weight is 496 g/mol. The largest absolute Gasteiger partial charge is 0.352 e. The van der Waals surface area contributed by atoms with E-state index in [2.05, 4.69) is 20.8 Å². The minimum atomic E-state index is -0.0411. The zero-order chi connectivity index (χ0) is 23.9. The molecule has 7 nitrogen and oxygen atoms in total. The Kier molecular flexibility index (Phi) is 8.18. The Balaban J connectivity index is 1.18. The van der Waals surface area contributed by atoms with Crippen molar-refractivity contribution in [1.29, 1.82) is 0 Å². The summed E-state index contributed by atoms with van der Waals surface area (Å²) in [6, 6.07) is 16.2. The molecule has 0 saturated carbocycles. The quantitative estimate of drug-likeness (QED) is 0.446. The smallest absolute Gasteiger partial charge is 0.233 e. The maximum Gasteiger partial charge on any atom is 0.233 e. The zero-order valence-electron chi connectivity index (χ0n) is 19.4. The summed E-state index contributed by atoms with van der Waals surface area (Å²) in [6.07, 6.45) is 1.39. The standard InChI is InChI=1S/C25H29N5O2S2/c1-17-6-8-19(9-7-17)15-26-23(32)20-10-12-30(13-11-20)22(31)16-33-25-29-28-24(34-25)27-21-5-3-4-18(2)14-21/h3-9,14,20H,10-13,15-16H2,1-2H3,(H,26,32)(H,27,28). The molecule has 0 radical (unpaired) electrons. The molecule has 34 heavy (non-hydrogen) atoms. The number of piperidine rings is 1. The summed E-state index contributed by atoms with van der Waals surface area (Å²) in [7, 11) is 0. The highest BCUT2D eigenvalue weighted by molar-refractivity contribution is 8.01. The predicted octanol–water partition coefficient (Wildman–Crippen LogP) is 4.55. The molecule has 1 aliphatic rings. The van der Waals surface area contributed by atoms with Crippen LogP contribution in [0.4, 0.5) is 10.8 Å². The lowest BCUT2D eigenvalue weighted by molar-refractivity contribution is -0.133. The fourth-order valence-electron chi connectivity index (χ4n) is 3.81. The molecule has 4 rings (SSSR count). The van der Waals surface area contributed by atoms with Crippen LogP contribution < -0.4 is 10.6 Å². The van der Waals surface area contributed by atoms with Gasteiger partial charge in [-0.25, -0.2) is 0 Å². The van der Waals surface area contributed by atoms with E-state index < -0.39 is 0 Å². The lowest BCUT2D eigenvalue weighted by Gasteiger charge is -2.31. The van der Waals surface area contributed by atoms with E-state index in [1.165, 1.54) is 34.2 Å². The van der Waals surface area contributed by atoms with Gasteiger partial charge in [0.2, 0.25) is 16.9 Å². The summed E-state index contributed by atoms with van der Waals surface area (Å²) in [4.78, 5) is 27.1. The molecule has 2 heterocycles. The number of carbonyl (C=O) groups excluding carboxylic acids is 2. The number of aryl methyl sites for hydroxylation is 2. The number of rotatable bonds is 8. The molecule has 0 unspecified atom stereocenters. The zero-order valence-corrected chi connectivity index (χ0v) is 21.0. The molecular weight excluding hydrogens is 466 g/mol. The molecule has 0 bridgehead atoms. The van der Waals surface area contributed by atoms with Gasteiger partial charge in [0.1, 0.15) is 0 Å². The molecule has 178 valence electrons. The van der Waals surface area contributed by atoms with E-state index >= 15 is 0 Å². The Hall–Kier alpha value is -2.91. The van der Waals surface area contributed by atoms with Crippen molar-refractivity contribution in [3.05, 3.63) is 65.2 Å². The topological polar surface area (TPSA) is 87.2 Å². The first-order valence-corrected chi connectivity index (χ1v) is 13.2. The fourth-order valence-corrected chi connectivity index (χ4v) is 5.49. The second-order valence-corrected chi connectivity index (χ2v) is 10.7. The van der Waals surface area contributed by atoms with Gasteiger partial charge in [-0.2, -0.15) is 0 Å². The molecule has 0 atom stereocenters. The molecule has 1 aliphatic heterocycles. The van der Waals surface area contributed by atoms with Gasteiger partial charge in [0, 0.05) is 31.2 Å². The summed E-state index contributed by atoms with van der Waals surface area (Å²) in [5.41, 5.74) is 4.44. The summed E-state index contributed by atoms with van der Waals surface area (Å²) >= 11 is 2.84.